The van der Waals surface area contributed by atoms with E-state index in [0.717, 1.165) is 5.56 Å². The van der Waals surface area contributed by atoms with Gasteiger partial charge in [0, 0.05) is 19.0 Å². The molecule has 2 aromatic carbocycles. The van der Waals surface area contributed by atoms with Crippen molar-refractivity contribution in [2.24, 2.45) is 11.7 Å². The molecule has 0 aliphatic carbocycles. The van der Waals surface area contributed by atoms with E-state index in [2.05, 4.69) is 0 Å². The molecule has 5 nitrogen and oxygen atoms in total. The topological polar surface area (TPSA) is 72.6 Å². The molecule has 26 heavy (non-hydrogen) atoms. The van der Waals surface area contributed by atoms with Gasteiger partial charge in [-0.3, -0.25) is 0 Å². The van der Waals surface area contributed by atoms with Gasteiger partial charge in [0.15, 0.2) is 0 Å². The van der Waals surface area contributed by atoms with E-state index in [1.807, 2.05) is 30.3 Å². The highest BCUT2D eigenvalue weighted by Gasteiger charge is 2.40. The second-order valence-corrected chi connectivity index (χ2v) is 8.90. The Balaban J connectivity index is 1.95. The maximum Gasteiger partial charge on any atom is 0.243 e. The molecule has 2 atom stereocenters. The van der Waals surface area contributed by atoms with E-state index in [1.165, 1.54) is 17.5 Å². The van der Waals surface area contributed by atoms with E-state index in [0.29, 0.717) is 30.9 Å². The summed E-state index contributed by atoms with van der Waals surface area (Å²) < 4.78 is 33.2. The lowest BCUT2D eigenvalue weighted by Crippen LogP contribution is -2.30. The summed E-state index contributed by atoms with van der Waals surface area (Å²) in [5.41, 5.74) is 7.66. The predicted molar refractivity (Wildman–Crippen MR) is 103 cm³/mol. The number of nitrogens with two attached hydrogens (primary N) is 1. The maximum absolute atomic E-state index is 13.2. The van der Waals surface area contributed by atoms with Crippen LogP contribution in [-0.4, -0.2) is 39.5 Å². The van der Waals surface area contributed by atoms with Crippen LogP contribution in [-0.2, 0) is 10.0 Å². The van der Waals surface area contributed by atoms with Crippen molar-refractivity contribution in [1.82, 2.24) is 4.31 Å². The predicted octanol–water partition coefficient (Wildman–Crippen LogP) is 3.02. The lowest BCUT2D eigenvalue weighted by molar-refractivity contribution is 0.414. The maximum atomic E-state index is 13.2. The van der Waals surface area contributed by atoms with Gasteiger partial charge in [-0.05, 0) is 42.6 Å². The van der Waals surface area contributed by atoms with Gasteiger partial charge in [-0.25, -0.2) is 8.42 Å². The van der Waals surface area contributed by atoms with Crippen LogP contribution < -0.4 is 10.5 Å². The number of hydrogen-bond donors (Lipinski definition) is 1. The Kier molecular flexibility index (Phi) is 5.58. The Morgan fingerprint density at radius 3 is 2.54 bits per heavy atom. The number of halogens is 1. The zero-order chi connectivity index (χ0) is 18.9. The van der Waals surface area contributed by atoms with Crippen LogP contribution in [0.3, 0.4) is 0 Å². The summed E-state index contributed by atoms with van der Waals surface area (Å²) in [6.07, 6.45) is 0. The molecule has 1 heterocycles. The van der Waals surface area contributed by atoms with E-state index in [9.17, 15) is 8.42 Å². The van der Waals surface area contributed by atoms with E-state index in [1.54, 1.807) is 13.0 Å². The van der Waals surface area contributed by atoms with Crippen LogP contribution in [0.15, 0.2) is 47.4 Å². The van der Waals surface area contributed by atoms with Crippen molar-refractivity contribution in [3.8, 4) is 5.75 Å². The number of hydrogen-bond acceptors (Lipinski definition) is 4. The molecule has 0 amide bonds. The number of nitrogens with zero attached hydrogens (tertiary/aromatic N) is 1. The molecule has 1 fully saturated rings. The van der Waals surface area contributed by atoms with Gasteiger partial charge in [-0.1, -0.05) is 41.9 Å². The SMILES string of the molecule is COc1cc(C)c(S(=O)(=O)N2C[C@@H](CN)[C@H](c3ccccc3)C2)cc1Cl. The Morgan fingerprint density at radius 1 is 1.23 bits per heavy atom. The average Bonchev–Trinajstić information content (AvgIpc) is 3.09. The Morgan fingerprint density at radius 2 is 1.92 bits per heavy atom. The first-order valence-corrected chi connectivity index (χ1v) is 10.3. The fraction of sp³-hybridized carbons (Fsp3) is 0.368. The molecule has 3 rings (SSSR count). The second kappa shape index (κ2) is 7.56. The van der Waals surface area contributed by atoms with Gasteiger partial charge in [-0.15, -0.1) is 0 Å². The van der Waals surface area contributed by atoms with E-state index in [4.69, 9.17) is 22.1 Å². The normalized spacial score (nSPS) is 21.1. The van der Waals surface area contributed by atoms with Crippen molar-refractivity contribution >= 4 is 21.6 Å². The Bertz CT molecular complexity index is 887. The summed E-state index contributed by atoms with van der Waals surface area (Å²) in [7, 11) is -2.16. The number of methoxy groups -OCH3 is 1. The zero-order valence-electron chi connectivity index (χ0n) is 14.9. The molecule has 0 radical (unpaired) electrons. The highest BCUT2D eigenvalue weighted by molar-refractivity contribution is 7.89. The van der Waals surface area contributed by atoms with Crippen LogP contribution in [0.4, 0.5) is 0 Å². The highest BCUT2D eigenvalue weighted by Crippen LogP contribution is 2.37. The van der Waals surface area contributed by atoms with Gasteiger partial charge in [0.1, 0.15) is 5.75 Å². The fourth-order valence-corrected chi connectivity index (χ4v) is 5.62. The highest BCUT2D eigenvalue weighted by atomic mass is 35.5. The molecule has 0 unspecified atom stereocenters. The average molecular weight is 395 g/mol. The minimum absolute atomic E-state index is 0.0844. The summed E-state index contributed by atoms with van der Waals surface area (Å²) in [4.78, 5) is 0.216. The molecule has 140 valence electrons. The molecular formula is C19H23ClN2O3S. The molecule has 7 heteroatoms. The van der Waals surface area contributed by atoms with Gasteiger partial charge in [0.05, 0.1) is 17.0 Å². The number of rotatable bonds is 5. The van der Waals surface area contributed by atoms with E-state index >= 15 is 0 Å². The molecular weight excluding hydrogens is 372 g/mol. The molecule has 0 bridgehead atoms. The molecule has 0 aromatic heterocycles. The third-order valence-electron chi connectivity index (χ3n) is 5.01. The second-order valence-electron chi connectivity index (χ2n) is 6.59. The van der Waals surface area contributed by atoms with Crippen molar-refractivity contribution < 1.29 is 13.2 Å². The smallest absolute Gasteiger partial charge is 0.243 e. The van der Waals surface area contributed by atoms with Crippen LogP contribution in [0, 0.1) is 12.8 Å². The van der Waals surface area contributed by atoms with E-state index < -0.39 is 10.0 Å². The molecule has 2 N–H and O–H groups in total. The minimum Gasteiger partial charge on any atom is -0.495 e. The number of ether oxygens (including phenoxy) is 1. The number of benzene rings is 2. The zero-order valence-corrected chi connectivity index (χ0v) is 16.4. The summed E-state index contributed by atoms with van der Waals surface area (Å²) in [6, 6.07) is 13.1. The lowest BCUT2D eigenvalue weighted by atomic mass is 9.89. The molecule has 1 aliphatic heterocycles. The van der Waals surface area contributed by atoms with Gasteiger partial charge >= 0.3 is 0 Å². The summed E-state index contributed by atoms with van der Waals surface area (Å²) >= 11 is 6.17. The molecule has 2 aromatic rings. The van der Waals surface area contributed by atoms with Crippen molar-refractivity contribution in [2.75, 3.05) is 26.7 Å². The first-order chi connectivity index (χ1) is 12.4. The number of aryl methyl sites for hydroxylation is 1. The standard InChI is InChI=1S/C19H23ClN2O3S/c1-13-8-18(25-2)17(20)9-19(13)26(23,24)22-11-15(10-21)16(12-22)14-6-4-3-5-7-14/h3-9,15-16H,10-12,21H2,1-2H3/t15-,16+/m1/s1. The van der Waals surface area contributed by atoms with Crippen molar-refractivity contribution in [3.63, 3.8) is 0 Å². The van der Waals surface area contributed by atoms with Crippen LogP contribution in [0.5, 0.6) is 5.75 Å². The minimum atomic E-state index is -3.66. The van der Waals surface area contributed by atoms with Gasteiger partial charge in [0.2, 0.25) is 10.0 Å². The van der Waals surface area contributed by atoms with Crippen molar-refractivity contribution in [1.29, 1.82) is 0 Å². The third kappa shape index (κ3) is 3.47. The monoisotopic (exact) mass is 394 g/mol. The molecule has 1 saturated heterocycles. The molecule has 0 spiro atoms. The quantitative estimate of drug-likeness (QED) is 0.846. The first-order valence-electron chi connectivity index (χ1n) is 8.47. The van der Waals surface area contributed by atoms with Crippen LogP contribution in [0.1, 0.15) is 17.0 Å². The lowest BCUT2D eigenvalue weighted by Gasteiger charge is -2.19. The third-order valence-corrected chi connectivity index (χ3v) is 7.27. The van der Waals surface area contributed by atoms with Crippen LogP contribution >= 0.6 is 11.6 Å². The summed E-state index contributed by atoms with van der Waals surface area (Å²) in [5.74, 6) is 0.637. The van der Waals surface area contributed by atoms with Gasteiger partial charge in [-0.2, -0.15) is 4.31 Å². The van der Waals surface area contributed by atoms with Crippen LogP contribution in [0.2, 0.25) is 5.02 Å². The summed E-state index contributed by atoms with van der Waals surface area (Å²) in [5, 5.41) is 0.283. The fourth-order valence-electron chi connectivity index (χ4n) is 3.55. The van der Waals surface area contributed by atoms with Gasteiger partial charge in [0.25, 0.3) is 0 Å². The number of sulfonamides is 1. The van der Waals surface area contributed by atoms with E-state index in [-0.39, 0.29) is 21.8 Å². The first kappa shape index (κ1) is 19.2. The summed E-state index contributed by atoms with van der Waals surface area (Å²) in [6.45, 7) is 3.00. The van der Waals surface area contributed by atoms with Crippen molar-refractivity contribution in [2.45, 2.75) is 17.7 Å². The Labute approximate surface area is 159 Å². The van der Waals surface area contributed by atoms with Gasteiger partial charge < -0.3 is 10.5 Å². The van der Waals surface area contributed by atoms with Crippen molar-refractivity contribution in [3.05, 3.63) is 58.6 Å². The molecule has 1 aliphatic rings. The Hall–Kier alpha value is -1.60. The van der Waals surface area contributed by atoms with Crippen LogP contribution in [0.25, 0.3) is 0 Å². The molecule has 0 saturated carbocycles. The largest absolute Gasteiger partial charge is 0.495 e.